The van der Waals surface area contributed by atoms with Crippen LogP contribution in [-0.2, 0) is 59.3 Å². The number of hydrogen-bond acceptors (Lipinski definition) is 10. The van der Waals surface area contributed by atoms with Gasteiger partial charge in [-0.2, -0.15) is 9.78 Å². The van der Waals surface area contributed by atoms with Gasteiger partial charge < -0.3 is 18.9 Å². The summed E-state index contributed by atoms with van der Waals surface area (Å²) in [6.07, 6.45) is 0. The van der Waals surface area contributed by atoms with Crippen LogP contribution in [0.25, 0.3) is 0 Å². The lowest BCUT2D eigenvalue weighted by Gasteiger charge is -2.23. The summed E-state index contributed by atoms with van der Waals surface area (Å²) < 4.78 is 21.2. The Labute approximate surface area is 223 Å². The Hall–Kier alpha value is -2.86. The molecular formula is C28H38O10. The highest BCUT2D eigenvalue weighted by molar-refractivity contribution is 5.70. The Balaban J connectivity index is 1.38. The largest absolute Gasteiger partial charge is 0.377 e. The van der Waals surface area contributed by atoms with E-state index >= 15 is 0 Å². The van der Waals surface area contributed by atoms with Crippen LogP contribution in [0.1, 0.15) is 38.8 Å². The maximum atomic E-state index is 11.8. The van der Waals surface area contributed by atoms with Crippen molar-refractivity contribution in [1.29, 1.82) is 0 Å². The third-order valence-electron chi connectivity index (χ3n) is 5.18. The molecule has 2 rings (SSSR count). The summed E-state index contributed by atoms with van der Waals surface area (Å²) in [4.78, 5) is 43.8. The molecule has 0 fully saturated rings. The van der Waals surface area contributed by atoms with Gasteiger partial charge in [0.05, 0.1) is 39.6 Å². The van der Waals surface area contributed by atoms with Crippen LogP contribution in [0.4, 0.5) is 0 Å². The summed E-state index contributed by atoms with van der Waals surface area (Å²) in [6.45, 7) is 8.39. The highest BCUT2D eigenvalue weighted by Crippen LogP contribution is 2.25. The van der Waals surface area contributed by atoms with E-state index in [2.05, 4.69) is 0 Å². The number of benzene rings is 2. The highest BCUT2D eigenvalue weighted by Gasteiger charge is 2.25. The fraction of sp³-hybridized carbons (Fsp3) is 0.500. The topological polar surface area (TPSA) is 108 Å². The van der Waals surface area contributed by atoms with Gasteiger partial charge in [0.1, 0.15) is 24.4 Å². The first-order valence-electron chi connectivity index (χ1n) is 12.4. The van der Waals surface area contributed by atoms with Gasteiger partial charge >= 0.3 is 11.9 Å². The number of hydrogen-bond donors (Lipinski definition) is 0. The summed E-state index contributed by atoms with van der Waals surface area (Å²) in [5.74, 6) is -1.26. The van der Waals surface area contributed by atoms with Gasteiger partial charge in [-0.25, -0.2) is 9.59 Å². The molecule has 0 bridgehead atoms. The molecule has 0 saturated carbocycles. The Morgan fingerprint density at radius 2 is 0.842 bits per heavy atom. The molecule has 0 N–H and O–H groups in total. The molecule has 10 heteroatoms. The molecular weight excluding hydrogens is 496 g/mol. The molecule has 10 nitrogen and oxygen atoms in total. The van der Waals surface area contributed by atoms with Crippen molar-refractivity contribution in [3.05, 3.63) is 71.8 Å². The predicted molar refractivity (Wildman–Crippen MR) is 137 cm³/mol. The summed E-state index contributed by atoms with van der Waals surface area (Å²) in [6, 6.07) is 18.9. The molecule has 0 unspecified atom stereocenters. The summed E-state index contributed by atoms with van der Waals surface area (Å²) in [7, 11) is 0. The predicted octanol–water partition coefficient (Wildman–Crippen LogP) is 3.87. The zero-order valence-corrected chi connectivity index (χ0v) is 22.5. The maximum absolute atomic E-state index is 11.8. The summed E-state index contributed by atoms with van der Waals surface area (Å²) >= 11 is 0. The van der Waals surface area contributed by atoms with Crippen molar-refractivity contribution in [2.24, 2.45) is 0 Å². The number of rotatable bonds is 19. The Morgan fingerprint density at radius 1 is 0.526 bits per heavy atom. The summed E-state index contributed by atoms with van der Waals surface area (Å²) in [5, 5.41) is 0. The zero-order chi connectivity index (χ0) is 27.7. The summed E-state index contributed by atoms with van der Waals surface area (Å²) in [5.41, 5.74) is 0.212. The monoisotopic (exact) mass is 534 g/mol. The van der Waals surface area contributed by atoms with Crippen molar-refractivity contribution in [2.75, 3.05) is 52.9 Å². The van der Waals surface area contributed by atoms with Crippen LogP contribution in [-0.4, -0.2) is 64.8 Å². The van der Waals surface area contributed by atoms with E-state index in [0.717, 1.165) is 11.1 Å². The van der Waals surface area contributed by atoms with Gasteiger partial charge in [-0.05, 0) is 38.8 Å². The van der Waals surface area contributed by atoms with Crippen molar-refractivity contribution in [1.82, 2.24) is 0 Å². The zero-order valence-electron chi connectivity index (χ0n) is 22.5. The minimum absolute atomic E-state index is 0.214. The SMILES string of the molecule is CC(C)(OOC(=O)COCCOCCOCCOCC(=O)OOC(C)(C)c1ccccc1)c1ccccc1. The third-order valence-corrected chi connectivity index (χ3v) is 5.18. The van der Waals surface area contributed by atoms with E-state index < -0.39 is 23.1 Å². The van der Waals surface area contributed by atoms with Gasteiger partial charge in [0.2, 0.25) is 0 Å². The lowest BCUT2D eigenvalue weighted by atomic mass is 9.99. The Bertz CT molecular complexity index is 854. The van der Waals surface area contributed by atoms with E-state index in [1.54, 1.807) is 27.7 Å². The smallest absolute Gasteiger partial charge is 0.367 e. The van der Waals surface area contributed by atoms with Gasteiger partial charge in [0.15, 0.2) is 0 Å². The van der Waals surface area contributed by atoms with Crippen LogP contribution < -0.4 is 0 Å². The first-order valence-corrected chi connectivity index (χ1v) is 12.4. The molecule has 0 amide bonds. The second-order valence-electron chi connectivity index (χ2n) is 9.16. The molecule has 0 aliphatic carbocycles. The molecule has 0 aliphatic rings. The molecule has 0 spiro atoms. The molecule has 0 heterocycles. The van der Waals surface area contributed by atoms with Gasteiger partial charge in [0, 0.05) is 0 Å². The molecule has 2 aromatic rings. The standard InChI is InChI=1S/C28H38O10/c1-27(2,23-11-7-5-8-12-23)37-35-25(29)21-33-19-17-31-15-16-32-18-20-34-22-26(30)36-38-28(3,4)24-13-9-6-10-14-24/h5-14H,15-22H2,1-4H3. The molecule has 0 atom stereocenters. The fourth-order valence-corrected chi connectivity index (χ4v) is 2.99. The molecule has 2 aromatic carbocycles. The second kappa shape index (κ2) is 16.9. The average molecular weight is 535 g/mol. The van der Waals surface area contributed by atoms with E-state index in [-0.39, 0.29) is 39.6 Å². The van der Waals surface area contributed by atoms with Crippen molar-refractivity contribution < 1.29 is 48.1 Å². The Morgan fingerprint density at radius 3 is 1.18 bits per heavy atom. The quantitative estimate of drug-likeness (QED) is 0.150. The molecule has 0 aliphatic heterocycles. The first kappa shape index (κ1) is 31.4. The molecule has 38 heavy (non-hydrogen) atoms. The average Bonchev–Trinajstić information content (AvgIpc) is 2.92. The van der Waals surface area contributed by atoms with Crippen LogP contribution in [0, 0.1) is 0 Å². The van der Waals surface area contributed by atoms with Crippen molar-refractivity contribution >= 4 is 11.9 Å². The maximum Gasteiger partial charge on any atom is 0.367 e. The van der Waals surface area contributed by atoms with Gasteiger partial charge in [-0.15, -0.1) is 0 Å². The minimum atomic E-state index is -0.775. The Kier molecular flexibility index (Phi) is 13.9. The minimum Gasteiger partial charge on any atom is -0.377 e. The van der Waals surface area contributed by atoms with E-state index in [4.69, 9.17) is 38.5 Å². The molecule has 0 saturated heterocycles. The molecule has 0 radical (unpaired) electrons. The van der Waals surface area contributed by atoms with Gasteiger partial charge in [-0.1, -0.05) is 60.7 Å². The van der Waals surface area contributed by atoms with E-state index in [1.807, 2.05) is 60.7 Å². The van der Waals surface area contributed by atoms with Crippen molar-refractivity contribution in [2.45, 2.75) is 38.9 Å². The molecule has 0 aromatic heterocycles. The second-order valence-corrected chi connectivity index (χ2v) is 9.16. The number of ether oxygens (including phenoxy) is 4. The van der Waals surface area contributed by atoms with Gasteiger partial charge in [-0.3, -0.25) is 9.78 Å². The molecule has 210 valence electrons. The van der Waals surface area contributed by atoms with Crippen molar-refractivity contribution in [3.8, 4) is 0 Å². The normalized spacial score (nSPS) is 11.8. The van der Waals surface area contributed by atoms with E-state index in [9.17, 15) is 9.59 Å². The van der Waals surface area contributed by atoms with Crippen LogP contribution in [0.2, 0.25) is 0 Å². The van der Waals surface area contributed by atoms with Crippen LogP contribution in [0.5, 0.6) is 0 Å². The lowest BCUT2D eigenvalue weighted by molar-refractivity contribution is -0.331. The van der Waals surface area contributed by atoms with E-state index in [0.29, 0.717) is 13.2 Å². The third kappa shape index (κ3) is 12.6. The highest BCUT2D eigenvalue weighted by atomic mass is 17.2. The number of carbonyl (C=O) groups excluding carboxylic acids is 2. The van der Waals surface area contributed by atoms with Crippen LogP contribution in [0.15, 0.2) is 60.7 Å². The van der Waals surface area contributed by atoms with Gasteiger partial charge in [0.25, 0.3) is 0 Å². The van der Waals surface area contributed by atoms with Crippen LogP contribution in [0.3, 0.4) is 0 Å². The van der Waals surface area contributed by atoms with Crippen LogP contribution >= 0.6 is 0 Å². The lowest BCUT2D eigenvalue weighted by Crippen LogP contribution is -2.25. The first-order chi connectivity index (χ1) is 18.2. The van der Waals surface area contributed by atoms with E-state index in [1.165, 1.54) is 0 Å². The fourth-order valence-electron chi connectivity index (χ4n) is 2.99. The number of carbonyl (C=O) groups is 2. The van der Waals surface area contributed by atoms with Crippen molar-refractivity contribution in [3.63, 3.8) is 0 Å².